The van der Waals surface area contributed by atoms with Crippen LogP contribution in [0, 0.1) is 0 Å². The van der Waals surface area contributed by atoms with Gasteiger partial charge in [-0.15, -0.1) is 0 Å². The molecule has 0 saturated heterocycles. The summed E-state index contributed by atoms with van der Waals surface area (Å²) in [6.45, 7) is 0. The summed E-state index contributed by atoms with van der Waals surface area (Å²) < 4.78 is 1.90. The molecule has 0 amide bonds. The van der Waals surface area contributed by atoms with Gasteiger partial charge in [0.25, 0.3) is 0 Å². The first-order chi connectivity index (χ1) is 5.40. The average Bonchev–Trinajstić information content (AvgIpc) is 2.32. The molecule has 0 bridgehead atoms. The van der Waals surface area contributed by atoms with E-state index >= 15 is 0 Å². The third kappa shape index (κ3) is 1.06. The van der Waals surface area contributed by atoms with E-state index in [2.05, 4.69) is 5.10 Å². The zero-order valence-corrected chi connectivity index (χ0v) is 6.23. The number of carbonyl (C=O) groups excluding carboxylic acids is 1. The van der Waals surface area contributed by atoms with Crippen LogP contribution in [0.5, 0.6) is 0 Å². The Kier molecular flexibility index (Phi) is 1.49. The predicted octanol–water partition coefficient (Wildman–Crippen LogP) is 1.42. The van der Waals surface area contributed by atoms with E-state index in [0.717, 1.165) is 6.29 Å². The second-order valence-electron chi connectivity index (χ2n) is 2.96. The van der Waals surface area contributed by atoms with Crippen LogP contribution in [0.3, 0.4) is 0 Å². The van der Waals surface area contributed by atoms with Crippen LogP contribution in [0.25, 0.3) is 0 Å². The van der Waals surface area contributed by atoms with Gasteiger partial charge in [0, 0.05) is 6.20 Å². The molecule has 1 heterocycles. The minimum absolute atomic E-state index is 0.559. The fourth-order valence-corrected chi connectivity index (χ4v) is 1.26. The van der Waals surface area contributed by atoms with Crippen LogP contribution in [0.1, 0.15) is 35.7 Å². The van der Waals surface area contributed by atoms with E-state index in [-0.39, 0.29) is 0 Å². The van der Waals surface area contributed by atoms with Gasteiger partial charge in [0.05, 0.1) is 17.8 Å². The van der Waals surface area contributed by atoms with Crippen molar-refractivity contribution in [2.75, 3.05) is 0 Å². The summed E-state index contributed by atoms with van der Waals surface area (Å²) in [5.74, 6) is 0. The molecular weight excluding hydrogens is 140 g/mol. The molecule has 11 heavy (non-hydrogen) atoms. The third-order valence-corrected chi connectivity index (χ3v) is 2.21. The van der Waals surface area contributed by atoms with Crippen LogP contribution < -0.4 is 0 Å². The van der Waals surface area contributed by atoms with E-state index in [0.29, 0.717) is 11.6 Å². The van der Waals surface area contributed by atoms with E-state index in [1.807, 2.05) is 10.9 Å². The van der Waals surface area contributed by atoms with Crippen LogP contribution in [0.4, 0.5) is 0 Å². The van der Waals surface area contributed by atoms with Gasteiger partial charge < -0.3 is 0 Å². The number of hydrogen-bond acceptors (Lipinski definition) is 2. The predicted molar refractivity (Wildman–Crippen MR) is 40.5 cm³/mol. The molecule has 3 nitrogen and oxygen atoms in total. The molecule has 1 saturated carbocycles. The van der Waals surface area contributed by atoms with Crippen molar-refractivity contribution in [3.8, 4) is 0 Å². The highest BCUT2D eigenvalue weighted by molar-refractivity contribution is 5.73. The Morgan fingerprint density at radius 2 is 2.45 bits per heavy atom. The minimum Gasteiger partial charge on any atom is -0.298 e. The number of aromatic nitrogens is 2. The molecule has 0 N–H and O–H groups in total. The van der Waals surface area contributed by atoms with Crippen molar-refractivity contribution in [1.29, 1.82) is 0 Å². The van der Waals surface area contributed by atoms with Gasteiger partial charge in [0.15, 0.2) is 6.29 Å². The number of aldehydes is 1. The third-order valence-electron chi connectivity index (χ3n) is 2.21. The van der Waals surface area contributed by atoms with Crippen molar-refractivity contribution in [2.24, 2.45) is 0 Å². The Morgan fingerprint density at radius 1 is 1.64 bits per heavy atom. The van der Waals surface area contributed by atoms with E-state index in [9.17, 15) is 4.79 Å². The first-order valence-electron chi connectivity index (χ1n) is 3.89. The zero-order valence-electron chi connectivity index (χ0n) is 6.23. The number of carbonyl (C=O) groups is 1. The zero-order chi connectivity index (χ0) is 7.68. The largest absolute Gasteiger partial charge is 0.298 e. The molecule has 58 valence electrons. The lowest BCUT2D eigenvalue weighted by atomic mass is 9.93. The normalized spacial score (nSPS) is 17.8. The number of nitrogens with zero attached hydrogens (tertiary/aromatic N) is 2. The Bertz CT molecular complexity index is 263. The van der Waals surface area contributed by atoms with Crippen LogP contribution in [0.15, 0.2) is 12.4 Å². The van der Waals surface area contributed by atoms with Gasteiger partial charge in [-0.2, -0.15) is 5.10 Å². The molecule has 0 atom stereocenters. The lowest BCUT2D eigenvalue weighted by Gasteiger charge is -2.25. The van der Waals surface area contributed by atoms with Crippen LogP contribution in [-0.4, -0.2) is 16.1 Å². The molecule has 0 aliphatic heterocycles. The molecule has 0 unspecified atom stereocenters. The molecule has 1 aliphatic rings. The monoisotopic (exact) mass is 150 g/mol. The summed E-state index contributed by atoms with van der Waals surface area (Å²) in [5, 5.41) is 4.09. The van der Waals surface area contributed by atoms with Crippen molar-refractivity contribution in [1.82, 2.24) is 9.78 Å². The summed E-state index contributed by atoms with van der Waals surface area (Å²) in [7, 11) is 0. The molecule has 1 aromatic heterocycles. The van der Waals surface area contributed by atoms with Gasteiger partial charge in [-0.05, 0) is 19.3 Å². The minimum atomic E-state index is 0.559. The van der Waals surface area contributed by atoms with E-state index < -0.39 is 0 Å². The molecule has 1 aliphatic carbocycles. The Hall–Kier alpha value is -1.12. The second kappa shape index (κ2) is 2.49. The van der Waals surface area contributed by atoms with Crippen LogP contribution in [-0.2, 0) is 0 Å². The fourth-order valence-electron chi connectivity index (χ4n) is 1.26. The van der Waals surface area contributed by atoms with Crippen molar-refractivity contribution in [3.05, 3.63) is 18.0 Å². The van der Waals surface area contributed by atoms with Gasteiger partial charge >= 0.3 is 0 Å². The van der Waals surface area contributed by atoms with Crippen LogP contribution >= 0.6 is 0 Å². The molecule has 1 aromatic rings. The summed E-state index contributed by atoms with van der Waals surface area (Å²) in [4.78, 5) is 10.3. The van der Waals surface area contributed by atoms with Gasteiger partial charge in [0.1, 0.15) is 0 Å². The molecule has 0 radical (unpaired) electrons. The summed E-state index contributed by atoms with van der Waals surface area (Å²) in [5.41, 5.74) is 0.678. The molecule has 0 aromatic carbocycles. The van der Waals surface area contributed by atoms with Crippen LogP contribution in [0.2, 0.25) is 0 Å². The fraction of sp³-hybridized carbons (Fsp3) is 0.500. The lowest BCUT2D eigenvalue weighted by molar-refractivity contribution is 0.112. The molecule has 0 spiro atoms. The summed E-state index contributed by atoms with van der Waals surface area (Å²) >= 11 is 0. The molecule has 3 heteroatoms. The van der Waals surface area contributed by atoms with E-state index in [4.69, 9.17) is 0 Å². The lowest BCUT2D eigenvalue weighted by Crippen LogP contribution is -2.16. The van der Waals surface area contributed by atoms with Gasteiger partial charge in [-0.25, -0.2) is 0 Å². The smallest absolute Gasteiger partial charge is 0.153 e. The highest BCUT2D eigenvalue weighted by Gasteiger charge is 2.19. The molecule has 1 fully saturated rings. The maximum Gasteiger partial charge on any atom is 0.153 e. The van der Waals surface area contributed by atoms with E-state index in [1.165, 1.54) is 19.3 Å². The standard InChI is InChI=1S/C8H10N2O/c11-6-7-4-9-10(5-7)8-2-1-3-8/h4-6,8H,1-3H2. The number of hydrogen-bond donors (Lipinski definition) is 0. The molecule has 2 rings (SSSR count). The Morgan fingerprint density at radius 3 is 2.91 bits per heavy atom. The maximum absolute atomic E-state index is 10.3. The topological polar surface area (TPSA) is 34.9 Å². The first kappa shape index (κ1) is 6.58. The number of rotatable bonds is 2. The average molecular weight is 150 g/mol. The summed E-state index contributed by atoms with van der Waals surface area (Å²) in [6.07, 6.45) is 7.98. The van der Waals surface area contributed by atoms with Gasteiger partial charge in [-0.3, -0.25) is 9.48 Å². The second-order valence-corrected chi connectivity index (χ2v) is 2.96. The quantitative estimate of drug-likeness (QED) is 0.597. The SMILES string of the molecule is O=Cc1cnn(C2CCC2)c1. The highest BCUT2D eigenvalue weighted by atomic mass is 16.1. The Balaban J connectivity index is 2.17. The van der Waals surface area contributed by atoms with Crippen molar-refractivity contribution >= 4 is 6.29 Å². The van der Waals surface area contributed by atoms with Gasteiger partial charge in [0.2, 0.25) is 0 Å². The Labute approximate surface area is 65.0 Å². The van der Waals surface area contributed by atoms with Crippen molar-refractivity contribution < 1.29 is 4.79 Å². The maximum atomic E-state index is 10.3. The first-order valence-corrected chi connectivity index (χ1v) is 3.89. The van der Waals surface area contributed by atoms with E-state index in [1.54, 1.807) is 6.20 Å². The summed E-state index contributed by atoms with van der Waals surface area (Å²) in [6, 6.07) is 0.559. The van der Waals surface area contributed by atoms with Crippen molar-refractivity contribution in [2.45, 2.75) is 25.3 Å². The highest BCUT2D eigenvalue weighted by Crippen LogP contribution is 2.30. The van der Waals surface area contributed by atoms with Crippen molar-refractivity contribution in [3.63, 3.8) is 0 Å². The van der Waals surface area contributed by atoms with Gasteiger partial charge in [-0.1, -0.05) is 0 Å². The molecular formula is C8H10N2O.